The topological polar surface area (TPSA) is 47.6 Å². The second-order valence-corrected chi connectivity index (χ2v) is 4.77. The highest BCUT2D eigenvalue weighted by atomic mass is 16.5. The lowest BCUT2D eigenvalue weighted by Crippen LogP contribution is -2.26. The monoisotopic (exact) mass is 279 g/mol. The normalized spacial score (nSPS) is 10.2. The summed E-state index contributed by atoms with van der Waals surface area (Å²) in [5, 5.41) is 2.94. The Morgan fingerprint density at radius 1 is 1.15 bits per heavy atom. The summed E-state index contributed by atoms with van der Waals surface area (Å²) in [4.78, 5) is 11.9. The van der Waals surface area contributed by atoms with Gasteiger partial charge in [0.25, 0.3) is 0 Å². The van der Waals surface area contributed by atoms with Crippen LogP contribution in [0.25, 0.3) is 0 Å². The van der Waals surface area contributed by atoms with Crippen LogP contribution in [0.3, 0.4) is 0 Å². The molecule has 1 aromatic carbocycles. The van der Waals surface area contributed by atoms with Gasteiger partial charge in [-0.15, -0.1) is 0 Å². The number of carbonyl (C=O) groups excluding carboxylic acids is 1. The molecule has 0 spiro atoms. The third-order valence-corrected chi connectivity index (χ3v) is 3.19. The first kappa shape index (κ1) is 16.3. The lowest BCUT2D eigenvalue weighted by atomic mass is 10.1. The molecule has 0 saturated heterocycles. The third-order valence-electron chi connectivity index (χ3n) is 3.19. The van der Waals surface area contributed by atoms with Crippen molar-refractivity contribution in [3.05, 3.63) is 23.8 Å². The molecule has 0 aliphatic carbocycles. The molecular formula is C16H25NO3. The Bertz CT molecular complexity index is 418. The summed E-state index contributed by atoms with van der Waals surface area (Å²) < 4.78 is 10.4. The number of ether oxygens (including phenoxy) is 2. The van der Waals surface area contributed by atoms with Crippen molar-refractivity contribution in [1.29, 1.82) is 0 Å². The Morgan fingerprint density at radius 2 is 1.95 bits per heavy atom. The fourth-order valence-corrected chi connectivity index (χ4v) is 2.04. The van der Waals surface area contributed by atoms with Crippen molar-refractivity contribution in [3.63, 3.8) is 0 Å². The molecule has 0 heterocycles. The van der Waals surface area contributed by atoms with Gasteiger partial charge in [0.1, 0.15) is 11.5 Å². The van der Waals surface area contributed by atoms with Crippen LogP contribution in [0.1, 0.15) is 38.2 Å². The maximum atomic E-state index is 11.9. The molecule has 1 amide bonds. The van der Waals surface area contributed by atoms with Gasteiger partial charge in [0.2, 0.25) is 5.91 Å². The zero-order valence-electron chi connectivity index (χ0n) is 12.7. The average Bonchev–Trinajstić information content (AvgIpc) is 2.47. The van der Waals surface area contributed by atoms with Crippen LogP contribution < -0.4 is 14.8 Å². The summed E-state index contributed by atoms with van der Waals surface area (Å²) in [6, 6.07) is 5.49. The number of carbonyl (C=O) groups is 1. The summed E-state index contributed by atoms with van der Waals surface area (Å²) in [6.07, 6.45) is 4.94. The van der Waals surface area contributed by atoms with E-state index in [1.807, 2.05) is 18.2 Å². The maximum absolute atomic E-state index is 11.9. The molecule has 0 bridgehead atoms. The summed E-state index contributed by atoms with van der Waals surface area (Å²) >= 11 is 0. The van der Waals surface area contributed by atoms with Crippen molar-refractivity contribution < 1.29 is 14.3 Å². The van der Waals surface area contributed by atoms with Gasteiger partial charge in [0, 0.05) is 12.1 Å². The molecule has 0 fully saturated rings. The molecule has 1 aromatic rings. The van der Waals surface area contributed by atoms with Crippen LogP contribution in [0, 0.1) is 0 Å². The molecule has 1 rings (SSSR count). The van der Waals surface area contributed by atoms with Gasteiger partial charge in [0.05, 0.1) is 20.6 Å². The quantitative estimate of drug-likeness (QED) is 0.707. The van der Waals surface area contributed by atoms with E-state index in [1.54, 1.807) is 14.2 Å². The molecule has 0 radical (unpaired) electrons. The van der Waals surface area contributed by atoms with Crippen LogP contribution in [-0.4, -0.2) is 26.7 Å². The molecule has 0 aliphatic heterocycles. The molecule has 4 heteroatoms. The molecule has 0 unspecified atom stereocenters. The highest BCUT2D eigenvalue weighted by Crippen LogP contribution is 2.24. The molecular weight excluding hydrogens is 254 g/mol. The zero-order valence-corrected chi connectivity index (χ0v) is 12.7. The van der Waals surface area contributed by atoms with Gasteiger partial charge in [-0.25, -0.2) is 0 Å². The number of unbranched alkanes of at least 4 members (excludes halogenated alkanes) is 3. The number of amides is 1. The molecule has 0 saturated carbocycles. The van der Waals surface area contributed by atoms with Crippen LogP contribution in [0.5, 0.6) is 11.5 Å². The zero-order chi connectivity index (χ0) is 14.8. The van der Waals surface area contributed by atoms with Crippen LogP contribution >= 0.6 is 0 Å². The summed E-state index contributed by atoms with van der Waals surface area (Å²) in [5.74, 6) is 1.47. The Kier molecular flexibility index (Phi) is 7.55. The SMILES string of the molecule is CCCCCCNC(=O)Cc1cc(OC)ccc1OC. The van der Waals surface area contributed by atoms with E-state index in [9.17, 15) is 4.79 Å². The molecule has 4 nitrogen and oxygen atoms in total. The lowest BCUT2D eigenvalue weighted by Gasteiger charge is -2.10. The highest BCUT2D eigenvalue weighted by Gasteiger charge is 2.09. The summed E-state index contributed by atoms with van der Waals surface area (Å²) in [5.41, 5.74) is 0.845. The van der Waals surface area contributed by atoms with E-state index in [-0.39, 0.29) is 5.91 Å². The van der Waals surface area contributed by atoms with E-state index < -0.39 is 0 Å². The second-order valence-electron chi connectivity index (χ2n) is 4.77. The Hall–Kier alpha value is -1.71. The Morgan fingerprint density at radius 3 is 2.60 bits per heavy atom. The number of benzene rings is 1. The van der Waals surface area contributed by atoms with Crippen LogP contribution in [0.2, 0.25) is 0 Å². The second kappa shape index (κ2) is 9.23. The van der Waals surface area contributed by atoms with E-state index in [0.717, 1.165) is 24.3 Å². The van der Waals surface area contributed by atoms with Gasteiger partial charge in [-0.05, 0) is 24.6 Å². The molecule has 0 aromatic heterocycles. The number of hydrogen-bond acceptors (Lipinski definition) is 3. The van der Waals surface area contributed by atoms with Crippen molar-refractivity contribution in [1.82, 2.24) is 5.32 Å². The van der Waals surface area contributed by atoms with E-state index >= 15 is 0 Å². The van der Waals surface area contributed by atoms with Crippen molar-refractivity contribution >= 4 is 5.91 Å². The fourth-order valence-electron chi connectivity index (χ4n) is 2.04. The summed E-state index contributed by atoms with van der Waals surface area (Å²) in [7, 11) is 3.22. The van der Waals surface area contributed by atoms with E-state index in [2.05, 4.69) is 12.2 Å². The lowest BCUT2D eigenvalue weighted by molar-refractivity contribution is -0.120. The highest BCUT2D eigenvalue weighted by molar-refractivity contribution is 5.79. The molecule has 20 heavy (non-hydrogen) atoms. The first-order chi connectivity index (χ1) is 9.71. The molecule has 0 atom stereocenters. The standard InChI is InChI=1S/C16H25NO3/c1-4-5-6-7-10-17-16(18)12-13-11-14(19-2)8-9-15(13)20-3/h8-9,11H,4-7,10,12H2,1-3H3,(H,17,18). The molecule has 112 valence electrons. The number of methoxy groups -OCH3 is 2. The van der Waals surface area contributed by atoms with Crippen molar-refractivity contribution in [2.45, 2.75) is 39.0 Å². The van der Waals surface area contributed by atoms with Crippen LogP contribution in [0.15, 0.2) is 18.2 Å². The van der Waals surface area contributed by atoms with E-state index in [1.165, 1.54) is 19.3 Å². The fraction of sp³-hybridized carbons (Fsp3) is 0.562. The van der Waals surface area contributed by atoms with E-state index in [4.69, 9.17) is 9.47 Å². The van der Waals surface area contributed by atoms with Gasteiger partial charge >= 0.3 is 0 Å². The van der Waals surface area contributed by atoms with Crippen molar-refractivity contribution in [3.8, 4) is 11.5 Å². The van der Waals surface area contributed by atoms with Gasteiger partial charge < -0.3 is 14.8 Å². The number of rotatable bonds is 9. The van der Waals surface area contributed by atoms with Gasteiger partial charge in [0.15, 0.2) is 0 Å². The number of hydrogen-bond donors (Lipinski definition) is 1. The predicted molar refractivity (Wildman–Crippen MR) is 80.4 cm³/mol. The molecule has 1 N–H and O–H groups in total. The van der Waals surface area contributed by atoms with Gasteiger partial charge in [-0.3, -0.25) is 4.79 Å². The minimum atomic E-state index is 0.0213. The molecule has 0 aliphatic rings. The largest absolute Gasteiger partial charge is 0.497 e. The Balaban J connectivity index is 2.48. The Labute approximate surface area is 121 Å². The van der Waals surface area contributed by atoms with Crippen LogP contribution in [-0.2, 0) is 11.2 Å². The first-order valence-corrected chi connectivity index (χ1v) is 7.18. The van der Waals surface area contributed by atoms with Crippen molar-refractivity contribution in [2.75, 3.05) is 20.8 Å². The first-order valence-electron chi connectivity index (χ1n) is 7.18. The van der Waals surface area contributed by atoms with Crippen LogP contribution in [0.4, 0.5) is 0 Å². The number of nitrogens with one attached hydrogen (secondary N) is 1. The van der Waals surface area contributed by atoms with Gasteiger partial charge in [-0.2, -0.15) is 0 Å². The minimum Gasteiger partial charge on any atom is -0.497 e. The summed E-state index contributed by atoms with van der Waals surface area (Å²) in [6.45, 7) is 2.92. The maximum Gasteiger partial charge on any atom is 0.224 e. The average molecular weight is 279 g/mol. The van der Waals surface area contributed by atoms with Crippen molar-refractivity contribution in [2.24, 2.45) is 0 Å². The van der Waals surface area contributed by atoms with E-state index in [0.29, 0.717) is 12.2 Å². The minimum absolute atomic E-state index is 0.0213. The predicted octanol–water partition coefficient (Wildman–Crippen LogP) is 2.94. The smallest absolute Gasteiger partial charge is 0.224 e. The third kappa shape index (κ3) is 5.51. The van der Waals surface area contributed by atoms with Gasteiger partial charge in [-0.1, -0.05) is 26.2 Å².